The fraction of sp³-hybridized carbons (Fsp3) is 0.875. The van der Waals surface area contributed by atoms with Crippen molar-refractivity contribution >= 4 is 17.9 Å². The summed E-state index contributed by atoms with van der Waals surface area (Å²) in [5, 5.41) is 8.74. The van der Waals surface area contributed by atoms with Crippen LogP contribution in [0.15, 0.2) is 0 Å². The highest BCUT2D eigenvalue weighted by Gasteiger charge is 2.27. The van der Waals surface area contributed by atoms with Gasteiger partial charge in [0.2, 0.25) is 0 Å². The van der Waals surface area contributed by atoms with E-state index in [0.717, 1.165) is 19.4 Å². The summed E-state index contributed by atoms with van der Waals surface area (Å²) in [6, 6.07) is 0. The maximum absolute atomic E-state index is 10.6. The van der Waals surface area contributed by atoms with Crippen molar-refractivity contribution in [3.8, 4) is 0 Å². The molecule has 0 fully saturated rings. The van der Waals surface area contributed by atoms with E-state index in [1.807, 2.05) is 0 Å². The third kappa shape index (κ3) is 4.62. The highest BCUT2D eigenvalue weighted by molar-refractivity contribution is 7.99. The molecule has 12 heavy (non-hydrogen) atoms. The van der Waals surface area contributed by atoms with Gasteiger partial charge in [-0.3, -0.25) is 9.52 Å². The highest BCUT2D eigenvalue weighted by atomic mass is 32.2. The zero-order valence-electron chi connectivity index (χ0n) is 7.89. The lowest BCUT2D eigenvalue weighted by molar-refractivity contribution is -0.138. The normalized spacial score (nSPS) is 11.6. The predicted molar refractivity (Wildman–Crippen MR) is 52.2 cm³/mol. The van der Waals surface area contributed by atoms with Crippen LogP contribution in [0.5, 0.6) is 0 Å². The molecule has 0 atom stereocenters. The van der Waals surface area contributed by atoms with E-state index >= 15 is 0 Å². The second-order valence-corrected chi connectivity index (χ2v) is 4.68. The van der Waals surface area contributed by atoms with E-state index in [-0.39, 0.29) is 0 Å². The lowest BCUT2D eigenvalue weighted by Crippen LogP contribution is -2.31. The van der Waals surface area contributed by atoms with E-state index in [4.69, 9.17) is 5.11 Å². The molecular weight excluding hydrogens is 174 g/mol. The minimum Gasteiger partial charge on any atom is -0.480 e. The third-order valence-corrected chi connectivity index (χ3v) is 2.51. The van der Waals surface area contributed by atoms with Crippen LogP contribution < -0.4 is 4.72 Å². The molecule has 0 aliphatic heterocycles. The van der Waals surface area contributed by atoms with Gasteiger partial charge < -0.3 is 5.11 Å². The molecule has 0 heterocycles. The molecule has 0 amide bonds. The molecule has 72 valence electrons. The van der Waals surface area contributed by atoms with Crippen LogP contribution in [0.1, 0.15) is 33.6 Å². The Morgan fingerprint density at radius 3 is 2.58 bits per heavy atom. The molecule has 0 aromatic carbocycles. The van der Waals surface area contributed by atoms with Crippen molar-refractivity contribution in [1.82, 2.24) is 4.72 Å². The molecule has 0 bridgehead atoms. The Morgan fingerprint density at radius 1 is 1.58 bits per heavy atom. The second-order valence-electron chi connectivity index (χ2n) is 3.17. The number of carbonyl (C=O) groups is 1. The van der Waals surface area contributed by atoms with E-state index in [1.54, 1.807) is 13.8 Å². The summed E-state index contributed by atoms with van der Waals surface area (Å²) in [5.41, 5.74) is 0. The number of nitrogens with one attached hydrogen (secondary N) is 1. The number of rotatable bonds is 6. The van der Waals surface area contributed by atoms with Gasteiger partial charge in [-0.05, 0) is 20.3 Å². The number of aliphatic carboxylic acids is 1. The van der Waals surface area contributed by atoms with Crippen LogP contribution in [0.3, 0.4) is 0 Å². The monoisotopic (exact) mass is 191 g/mol. The topological polar surface area (TPSA) is 49.3 Å². The van der Waals surface area contributed by atoms with E-state index in [1.165, 1.54) is 11.9 Å². The number of unbranched alkanes of at least 4 members (excludes halogenated alkanes) is 1. The standard InChI is InChI=1S/C8H17NO2S/c1-4-5-6-9-12-8(2,3)7(10)11/h9H,4-6H2,1-3H3,(H,10,11). The molecule has 0 rings (SSSR count). The first-order valence-corrected chi connectivity index (χ1v) is 4.96. The molecule has 0 spiro atoms. The average molecular weight is 191 g/mol. The van der Waals surface area contributed by atoms with Crippen molar-refractivity contribution in [3.63, 3.8) is 0 Å². The molecule has 0 radical (unpaired) electrons. The van der Waals surface area contributed by atoms with Gasteiger partial charge in [-0.2, -0.15) is 0 Å². The Bertz CT molecular complexity index is 148. The fourth-order valence-corrected chi connectivity index (χ4v) is 1.22. The van der Waals surface area contributed by atoms with Crippen molar-refractivity contribution in [3.05, 3.63) is 0 Å². The fourth-order valence-electron chi connectivity index (χ4n) is 0.524. The lowest BCUT2D eigenvalue weighted by atomic mass is 10.2. The number of carboxylic acids is 1. The average Bonchev–Trinajstić information content (AvgIpc) is 1.98. The summed E-state index contributed by atoms with van der Waals surface area (Å²) < 4.78 is 2.32. The van der Waals surface area contributed by atoms with Crippen LogP contribution in [0, 0.1) is 0 Å². The first-order valence-electron chi connectivity index (χ1n) is 4.15. The minimum absolute atomic E-state index is 0.728. The summed E-state index contributed by atoms with van der Waals surface area (Å²) >= 11 is 1.28. The van der Waals surface area contributed by atoms with Crippen LogP contribution in [0.4, 0.5) is 0 Å². The van der Waals surface area contributed by atoms with Gasteiger partial charge in [0.25, 0.3) is 0 Å². The molecule has 0 unspecified atom stereocenters. The Kier molecular flexibility index (Phi) is 5.33. The van der Waals surface area contributed by atoms with Gasteiger partial charge in [0.15, 0.2) is 0 Å². The van der Waals surface area contributed by atoms with Gasteiger partial charge in [-0.1, -0.05) is 25.3 Å². The van der Waals surface area contributed by atoms with Crippen molar-refractivity contribution in [2.75, 3.05) is 6.54 Å². The largest absolute Gasteiger partial charge is 0.480 e. The number of hydrogen-bond donors (Lipinski definition) is 2. The Balaban J connectivity index is 3.54. The van der Waals surface area contributed by atoms with E-state index in [0.29, 0.717) is 0 Å². The van der Waals surface area contributed by atoms with Crippen LogP contribution in [0.2, 0.25) is 0 Å². The molecule has 0 saturated heterocycles. The summed E-state index contributed by atoms with van der Waals surface area (Å²) in [6.07, 6.45) is 2.21. The zero-order valence-corrected chi connectivity index (χ0v) is 8.70. The molecule has 4 heteroatoms. The zero-order chi connectivity index (χ0) is 9.61. The van der Waals surface area contributed by atoms with Crippen molar-refractivity contribution in [2.24, 2.45) is 0 Å². The summed E-state index contributed by atoms with van der Waals surface area (Å²) in [5.74, 6) is -0.781. The minimum atomic E-state index is -0.781. The molecule has 0 saturated carbocycles. The predicted octanol–water partition coefficient (Wildman–Crippen LogP) is 1.89. The molecule has 0 aromatic rings. The SMILES string of the molecule is CCCCNSC(C)(C)C(=O)O. The van der Waals surface area contributed by atoms with E-state index < -0.39 is 10.7 Å². The second kappa shape index (κ2) is 5.43. The number of hydrogen-bond acceptors (Lipinski definition) is 3. The van der Waals surface area contributed by atoms with E-state index in [2.05, 4.69) is 11.6 Å². The highest BCUT2D eigenvalue weighted by Crippen LogP contribution is 2.20. The van der Waals surface area contributed by atoms with Crippen molar-refractivity contribution in [2.45, 2.75) is 38.4 Å². The van der Waals surface area contributed by atoms with Crippen LogP contribution in [0.25, 0.3) is 0 Å². The molecular formula is C8H17NO2S. The van der Waals surface area contributed by atoms with Gasteiger partial charge in [0, 0.05) is 6.54 Å². The summed E-state index contributed by atoms with van der Waals surface area (Å²) in [6.45, 7) is 6.37. The Hall–Kier alpha value is -0.220. The van der Waals surface area contributed by atoms with Gasteiger partial charge in [0.1, 0.15) is 4.75 Å². The molecule has 2 N–H and O–H groups in total. The van der Waals surface area contributed by atoms with Gasteiger partial charge in [-0.15, -0.1) is 0 Å². The first-order chi connectivity index (χ1) is 5.50. The first kappa shape index (κ1) is 11.8. The van der Waals surface area contributed by atoms with Crippen LogP contribution in [-0.4, -0.2) is 22.4 Å². The van der Waals surface area contributed by atoms with Gasteiger partial charge in [0.05, 0.1) is 0 Å². The maximum Gasteiger partial charge on any atom is 0.320 e. The third-order valence-electron chi connectivity index (χ3n) is 1.47. The maximum atomic E-state index is 10.6. The number of carboxylic acid groups (broad SMARTS) is 1. The van der Waals surface area contributed by atoms with Gasteiger partial charge >= 0.3 is 5.97 Å². The van der Waals surface area contributed by atoms with Crippen LogP contribution in [-0.2, 0) is 4.79 Å². The lowest BCUT2D eigenvalue weighted by Gasteiger charge is -2.18. The van der Waals surface area contributed by atoms with Crippen molar-refractivity contribution in [1.29, 1.82) is 0 Å². The quantitative estimate of drug-likeness (QED) is 0.497. The Labute approximate surface area is 78.1 Å². The molecule has 0 aliphatic rings. The summed E-state index contributed by atoms with van der Waals surface area (Å²) in [4.78, 5) is 10.6. The summed E-state index contributed by atoms with van der Waals surface area (Å²) in [7, 11) is 0. The molecule has 3 nitrogen and oxygen atoms in total. The van der Waals surface area contributed by atoms with E-state index in [9.17, 15) is 4.79 Å². The van der Waals surface area contributed by atoms with Gasteiger partial charge in [-0.25, -0.2) is 0 Å². The van der Waals surface area contributed by atoms with Crippen molar-refractivity contribution < 1.29 is 9.90 Å². The van der Waals surface area contributed by atoms with Crippen LogP contribution >= 0.6 is 11.9 Å². The molecule has 0 aliphatic carbocycles. The Morgan fingerprint density at radius 2 is 2.17 bits per heavy atom. The smallest absolute Gasteiger partial charge is 0.320 e. The molecule has 0 aromatic heterocycles.